The van der Waals surface area contributed by atoms with Gasteiger partial charge in [0.25, 0.3) is 0 Å². The van der Waals surface area contributed by atoms with E-state index < -0.39 is 11.6 Å². The van der Waals surface area contributed by atoms with E-state index in [1.165, 1.54) is 0 Å². The van der Waals surface area contributed by atoms with Crippen molar-refractivity contribution in [3.8, 4) is 0 Å². The SMILES string of the molecule is CN=C(NCCC(=O)NCc1ccccc1)NCc1cc(F)ccc1F.I. The molecule has 146 valence electrons. The molecule has 0 unspecified atom stereocenters. The van der Waals surface area contributed by atoms with Crippen molar-refractivity contribution in [2.24, 2.45) is 4.99 Å². The maximum absolute atomic E-state index is 13.6. The van der Waals surface area contributed by atoms with Crippen LogP contribution in [0.3, 0.4) is 0 Å². The number of carbonyl (C=O) groups excluding carboxylic acids is 1. The molecule has 2 aromatic rings. The van der Waals surface area contributed by atoms with Crippen LogP contribution >= 0.6 is 24.0 Å². The standard InChI is InChI=1S/C19H22F2N4O.HI/c1-22-19(25-13-15-11-16(20)7-8-17(15)21)23-10-9-18(26)24-12-14-5-3-2-4-6-14;/h2-8,11H,9-10,12-13H2,1H3,(H,24,26)(H2,22,23,25);1H. The summed E-state index contributed by atoms with van der Waals surface area (Å²) in [5, 5.41) is 8.68. The average molecular weight is 488 g/mol. The number of hydrogen-bond acceptors (Lipinski definition) is 2. The van der Waals surface area contributed by atoms with Gasteiger partial charge in [0.05, 0.1) is 0 Å². The highest BCUT2D eigenvalue weighted by Crippen LogP contribution is 2.09. The number of guanidine groups is 1. The fourth-order valence-electron chi connectivity index (χ4n) is 2.26. The molecule has 0 heterocycles. The zero-order valence-electron chi connectivity index (χ0n) is 15.0. The van der Waals surface area contributed by atoms with Crippen LogP contribution in [-0.2, 0) is 17.9 Å². The summed E-state index contributed by atoms with van der Waals surface area (Å²) in [6, 6.07) is 12.9. The maximum Gasteiger partial charge on any atom is 0.222 e. The molecule has 0 bridgehead atoms. The van der Waals surface area contributed by atoms with Crippen molar-refractivity contribution in [3.63, 3.8) is 0 Å². The smallest absolute Gasteiger partial charge is 0.222 e. The molecule has 2 rings (SSSR count). The molecule has 0 atom stereocenters. The third kappa shape index (κ3) is 8.33. The highest BCUT2D eigenvalue weighted by molar-refractivity contribution is 14.0. The third-order valence-electron chi connectivity index (χ3n) is 3.65. The molecule has 0 saturated heterocycles. The van der Waals surface area contributed by atoms with Gasteiger partial charge in [-0.15, -0.1) is 24.0 Å². The number of nitrogens with zero attached hydrogens (tertiary/aromatic N) is 1. The van der Waals surface area contributed by atoms with E-state index in [1.54, 1.807) is 7.05 Å². The van der Waals surface area contributed by atoms with E-state index in [1.807, 2.05) is 30.3 Å². The molecule has 5 nitrogen and oxygen atoms in total. The normalized spacial score (nSPS) is 10.7. The monoisotopic (exact) mass is 488 g/mol. The van der Waals surface area contributed by atoms with Gasteiger partial charge in [-0.05, 0) is 23.8 Å². The first-order valence-corrected chi connectivity index (χ1v) is 8.27. The van der Waals surface area contributed by atoms with E-state index in [2.05, 4.69) is 20.9 Å². The summed E-state index contributed by atoms with van der Waals surface area (Å²) in [4.78, 5) is 15.8. The summed E-state index contributed by atoms with van der Waals surface area (Å²) in [5.74, 6) is -0.673. The highest BCUT2D eigenvalue weighted by Gasteiger charge is 2.06. The number of aliphatic imine (C=N–C) groups is 1. The van der Waals surface area contributed by atoms with Crippen LogP contribution in [0.25, 0.3) is 0 Å². The summed E-state index contributed by atoms with van der Waals surface area (Å²) in [6.07, 6.45) is 0.266. The summed E-state index contributed by atoms with van der Waals surface area (Å²) in [6.45, 7) is 0.931. The van der Waals surface area contributed by atoms with Crippen molar-refractivity contribution in [2.75, 3.05) is 13.6 Å². The van der Waals surface area contributed by atoms with Gasteiger partial charge in [0.15, 0.2) is 5.96 Å². The predicted octanol–water partition coefficient (Wildman–Crippen LogP) is 2.95. The van der Waals surface area contributed by atoms with Gasteiger partial charge in [-0.3, -0.25) is 9.79 Å². The van der Waals surface area contributed by atoms with Crippen LogP contribution in [0.15, 0.2) is 53.5 Å². The van der Waals surface area contributed by atoms with Crippen molar-refractivity contribution >= 4 is 35.8 Å². The second kappa shape index (κ2) is 12.2. The minimum atomic E-state index is -0.499. The molecule has 1 amide bonds. The molecule has 0 spiro atoms. The lowest BCUT2D eigenvalue weighted by molar-refractivity contribution is -0.121. The lowest BCUT2D eigenvalue weighted by Gasteiger charge is -2.12. The Morgan fingerprint density at radius 1 is 1.00 bits per heavy atom. The molecular weight excluding hydrogens is 465 g/mol. The topological polar surface area (TPSA) is 65.5 Å². The van der Waals surface area contributed by atoms with Crippen molar-refractivity contribution in [3.05, 3.63) is 71.3 Å². The molecule has 0 aliphatic heterocycles. The molecular formula is C19H23F2IN4O. The Morgan fingerprint density at radius 3 is 2.44 bits per heavy atom. The van der Waals surface area contributed by atoms with Gasteiger partial charge in [0.2, 0.25) is 5.91 Å². The lowest BCUT2D eigenvalue weighted by Crippen LogP contribution is -2.39. The molecule has 0 radical (unpaired) electrons. The minimum Gasteiger partial charge on any atom is -0.356 e. The van der Waals surface area contributed by atoms with Gasteiger partial charge >= 0.3 is 0 Å². The first-order chi connectivity index (χ1) is 12.6. The Balaban J connectivity index is 0.00000364. The average Bonchev–Trinajstić information content (AvgIpc) is 2.66. The van der Waals surface area contributed by atoms with E-state index >= 15 is 0 Å². The predicted molar refractivity (Wildman–Crippen MR) is 113 cm³/mol. The molecule has 27 heavy (non-hydrogen) atoms. The van der Waals surface area contributed by atoms with Gasteiger partial charge in [-0.25, -0.2) is 8.78 Å². The first-order valence-electron chi connectivity index (χ1n) is 8.27. The van der Waals surface area contributed by atoms with E-state index in [-0.39, 0.29) is 48.4 Å². The first kappa shape index (κ1) is 22.8. The fraction of sp³-hybridized carbons (Fsp3) is 0.263. The van der Waals surface area contributed by atoms with Crippen molar-refractivity contribution in [1.82, 2.24) is 16.0 Å². The van der Waals surface area contributed by atoms with Gasteiger partial charge < -0.3 is 16.0 Å². The van der Waals surface area contributed by atoms with E-state index in [9.17, 15) is 13.6 Å². The Labute approximate surface area is 174 Å². The molecule has 3 N–H and O–H groups in total. The van der Waals surface area contributed by atoms with Crippen LogP contribution in [0, 0.1) is 11.6 Å². The van der Waals surface area contributed by atoms with Crippen LogP contribution in [0.4, 0.5) is 8.78 Å². The van der Waals surface area contributed by atoms with Crippen LogP contribution < -0.4 is 16.0 Å². The van der Waals surface area contributed by atoms with E-state index in [4.69, 9.17) is 0 Å². The number of carbonyl (C=O) groups is 1. The van der Waals surface area contributed by atoms with E-state index in [0.717, 1.165) is 23.8 Å². The molecule has 0 fully saturated rings. The third-order valence-corrected chi connectivity index (χ3v) is 3.65. The molecule has 0 aromatic heterocycles. The van der Waals surface area contributed by atoms with Crippen LogP contribution in [-0.4, -0.2) is 25.5 Å². The number of halogens is 3. The quantitative estimate of drug-likeness (QED) is 0.319. The van der Waals surface area contributed by atoms with Crippen molar-refractivity contribution in [1.29, 1.82) is 0 Å². The molecule has 0 aliphatic rings. The van der Waals surface area contributed by atoms with Crippen LogP contribution in [0.1, 0.15) is 17.5 Å². The van der Waals surface area contributed by atoms with Crippen LogP contribution in [0.2, 0.25) is 0 Å². The summed E-state index contributed by atoms with van der Waals surface area (Å²) >= 11 is 0. The zero-order chi connectivity index (χ0) is 18.8. The minimum absolute atomic E-state index is 0. The number of nitrogens with one attached hydrogen (secondary N) is 3. The highest BCUT2D eigenvalue weighted by atomic mass is 127. The van der Waals surface area contributed by atoms with Crippen molar-refractivity contribution in [2.45, 2.75) is 19.5 Å². The molecule has 0 saturated carbocycles. The fourth-order valence-corrected chi connectivity index (χ4v) is 2.26. The zero-order valence-corrected chi connectivity index (χ0v) is 17.3. The van der Waals surface area contributed by atoms with Gasteiger partial charge in [-0.2, -0.15) is 0 Å². The Morgan fingerprint density at radius 2 is 1.74 bits per heavy atom. The van der Waals surface area contributed by atoms with Gasteiger partial charge in [-0.1, -0.05) is 30.3 Å². The number of rotatable bonds is 7. The summed E-state index contributed by atoms with van der Waals surface area (Å²) in [5.41, 5.74) is 1.23. The van der Waals surface area contributed by atoms with Gasteiger partial charge in [0, 0.05) is 38.7 Å². The number of benzene rings is 2. The maximum atomic E-state index is 13.6. The largest absolute Gasteiger partial charge is 0.356 e. The summed E-state index contributed by atoms with van der Waals surface area (Å²) in [7, 11) is 1.56. The second-order valence-electron chi connectivity index (χ2n) is 5.60. The van der Waals surface area contributed by atoms with Crippen LogP contribution in [0.5, 0.6) is 0 Å². The van der Waals surface area contributed by atoms with E-state index in [0.29, 0.717) is 19.0 Å². The molecule has 2 aromatic carbocycles. The van der Waals surface area contributed by atoms with Crippen molar-refractivity contribution < 1.29 is 13.6 Å². The Kier molecular flexibility index (Phi) is 10.3. The Bertz CT molecular complexity index is 757. The number of amides is 1. The Hall–Kier alpha value is -2.23. The van der Waals surface area contributed by atoms with Gasteiger partial charge in [0.1, 0.15) is 11.6 Å². The molecule has 8 heteroatoms. The summed E-state index contributed by atoms with van der Waals surface area (Å²) < 4.78 is 26.7. The lowest BCUT2D eigenvalue weighted by atomic mass is 10.2. The molecule has 0 aliphatic carbocycles. The second-order valence-corrected chi connectivity index (χ2v) is 5.60. The number of hydrogen-bond donors (Lipinski definition) is 3.